The van der Waals surface area contributed by atoms with Crippen molar-refractivity contribution >= 4 is 16.5 Å². The highest BCUT2D eigenvalue weighted by Crippen LogP contribution is 2.12. The quantitative estimate of drug-likeness (QED) is 0.321. The molecule has 1 aliphatic heterocycles. The van der Waals surface area contributed by atoms with Gasteiger partial charge in [-0.25, -0.2) is 0 Å². The van der Waals surface area contributed by atoms with Crippen LogP contribution in [0.25, 0.3) is 0 Å². The second-order valence-corrected chi connectivity index (χ2v) is 2.00. The zero-order valence-corrected chi connectivity index (χ0v) is 4.31. The topological polar surface area (TPSA) is 18.5 Å². The van der Waals surface area contributed by atoms with Gasteiger partial charge < -0.3 is 9.10 Å². The van der Waals surface area contributed by atoms with E-state index in [1.54, 1.807) is 0 Å². The van der Waals surface area contributed by atoms with Crippen molar-refractivity contribution in [3.05, 3.63) is 0 Å². The van der Waals surface area contributed by atoms with Gasteiger partial charge >= 0.3 is 7.69 Å². The molecular weight excluding hydrogens is 97.8 g/mol. The highest BCUT2D eigenvalue weighted by atomic mass is 31.1. The van der Waals surface area contributed by atoms with Crippen molar-refractivity contribution in [1.82, 2.24) is 0 Å². The first kappa shape index (κ1) is 4.57. The van der Waals surface area contributed by atoms with Crippen LogP contribution in [-0.4, -0.2) is 20.5 Å². The highest BCUT2D eigenvalue weighted by molar-refractivity contribution is 7.33. The second kappa shape index (κ2) is 2.56. The number of hydrogen-bond acceptors (Lipinski definition) is 2. The van der Waals surface area contributed by atoms with Crippen molar-refractivity contribution in [1.29, 1.82) is 0 Å². The third-order valence-electron chi connectivity index (χ3n) is 0.521. The van der Waals surface area contributed by atoms with E-state index in [0.717, 1.165) is 12.8 Å². The van der Waals surface area contributed by atoms with Gasteiger partial charge in [-0.2, -0.15) is 0 Å². The normalized spacial score (nSPS) is 26.7. The van der Waals surface area contributed by atoms with Gasteiger partial charge in [0.15, 0.2) is 0 Å². The highest BCUT2D eigenvalue weighted by Gasteiger charge is 1.99. The lowest BCUT2D eigenvalue weighted by Gasteiger charge is -2.07. The van der Waals surface area contributed by atoms with Crippen LogP contribution in [0.4, 0.5) is 0 Å². The van der Waals surface area contributed by atoms with Gasteiger partial charge in [0.25, 0.3) is 0 Å². The molecule has 1 fully saturated rings. The monoisotopic (exact) mass is 103 g/mol. The van der Waals surface area contributed by atoms with Crippen LogP contribution in [0, 0.1) is 0 Å². The lowest BCUT2D eigenvalue weighted by Crippen LogP contribution is -2.08. The molecule has 2 nitrogen and oxygen atoms in total. The Morgan fingerprint density at radius 3 is 2.83 bits per heavy atom. The Morgan fingerprint density at radius 2 is 2.67 bits per heavy atom. The van der Waals surface area contributed by atoms with Gasteiger partial charge in [-0.05, 0) is 8.81 Å². The fraction of sp³-hybridized carbons (Fsp3) is 1.00. The average molecular weight is 103 g/mol. The van der Waals surface area contributed by atoms with Crippen LogP contribution in [0.1, 0.15) is 0 Å². The molecule has 0 aromatic carbocycles. The van der Waals surface area contributed by atoms with Crippen LogP contribution < -0.4 is 0 Å². The predicted molar refractivity (Wildman–Crippen MR) is 26.0 cm³/mol. The van der Waals surface area contributed by atoms with E-state index in [9.17, 15) is 0 Å². The maximum atomic E-state index is 4.75. The van der Waals surface area contributed by atoms with Crippen molar-refractivity contribution in [2.45, 2.75) is 0 Å². The molecule has 1 saturated heterocycles. The Bertz CT molecular complexity index is 27.0. The predicted octanol–water partition coefficient (Wildman–Crippen LogP) is 0.161. The largest absolute Gasteiger partial charge is 0.491 e. The van der Waals surface area contributed by atoms with Crippen molar-refractivity contribution in [3.63, 3.8) is 0 Å². The molecule has 0 bridgehead atoms. The lowest BCUT2D eigenvalue weighted by atomic mass is 10.4. The third kappa shape index (κ3) is 1.25. The molecule has 0 spiro atoms. The number of hydrogen-bond donors (Lipinski definition) is 0. The first-order valence-corrected chi connectivity index (χ1v) is 2.93. The molecule has 0 aromatic rings. The first-order valence-electron chi connectivity index (χ1n) is 1.82. The minimum Gasteiger partial charge on any atom is -0.413 e. The van der Waals surface area contributed by atoms with Crippen molar-refractivity contribution in [2.75, 3.05) is 12.8 Å². The van der Waals surface area contributed by atoms with Crippen LogP contribution in [0.5, 0.6) is 0 Å². The maximum Gasteiger partial charge on any atom is 0.491 e. The Morgan fingerprint density at radius 1 is 1.67 bits per heavy atom. The van der Waals surface area contributed by atoms with E-state index in [0.29, 0.717) is 8.81 Å². The van der Waals surface area contributed by atoms with Crippen molar-refractivity contribution in [2.24, 2.45) is 0 Å². The minimum absolute atomic E-state index is 0.621. The summed E-state index contributed by atoms with van der Waals surface area (Å²) in [4.78, 5) is 0. The summed E-state index contributed by atoms with van der Waals surface area (Å²) in [5.41, 5.74) is 0. The number of rotatable bonds is 0. The van der Waals surface area contributed by atoms with Gasteiger partial charge in [0, 0.05) is 12.8 Å². The summed E-state index contributed by atoms with van der Waals surface area (Å²) in [5, 5.41) is 0. The lowest BCUT2D eigenvalue weighted by molar-refractivity contribution is 0.301. The fourth-order valence-corrected chi connectivity index (χ4v) is 0.731. The van der Waals surface area contributed by atoms with Crippen molar-refractivity contribution in [3.8, 4) is 0 Å². The van der Waals surface area contributed by atoms with Gasteiger partial charge in [0.2, 0.25) is 0 Å². The standard InChI is InChI=1S/C2H5BO2P/c1-2-6-5-3-4-1/h6H,1-2H2. The van der Waals surface area contributed by atoms with Crippen LogP contribution in [0.3, 0.4) is 0 Å². The first-order chi connectivity index (χ1) is 3.00. The van der Waals surface area contributed by atoms with Crippen molar-refractivity contribution < 1.29 is 9.10 Å². The molecule has 6 heavy (non-hydrogen) atoms. The molecule has 1 heterocycles. The smallest absolute Gasteiger partial charge is 0.413 e. The van der Waals surface area contributed by atoms with E-state index in [1.807, 2.05) is 0 Å². The van der Waals surface area contributed by atoms with Gasteiger partial charge in [-0.15, -0.1) is 0 Å². The summed E-state index contributed by atoms with van der Waals surface area (Å²) in [5.74, 6) is 0. The molecule has 33 valence electrons. The van der Waals surface area contributed by atoms with E-state index in [4.69, 9.17) is 9.10 Å². The summed E-state index contributed by atoms with van der Waals surface area (Å²) in [6.07, 6.45) is 1.05. The van der Waals surface area contributed by atoms with Gasteiger partial charge in [0.1, 0.15) is 0 Å². The molecule has 0 saturated carbocycles. The van der Waals surface area contributed by atoms with Crippen LogP contribution in [0.15, 0.2) is 0 Å². The Hall–Kier alpha value is 0.415. The summed E-state index contributed by atoms with van der Waals surface area (Å²) in [6.45, 7) is 0.832. The van der Waals surface area contributed by atoms with E-state index in [1.165, 1.54) is 7.69 Å². The SMILES string of the molecule is [B]1OCCPO1. The molecule has 1 rings (SSSR count). The molecule has 0 N–H and O–H groups in total. The molecule has 4 heteroatoms. The zero-order valence-electron chi connectivity index (χ0n) is 3.31. The Balaban J connectivity index is 2.00. The van der Waals surface area contributed by atoms with E-state index in [2.05, 4.69) is 0 Å². The van der Waals surface area contributed by atoms with Crippen LogP contribution in [0.2, 0.25) is 0 Å². The summed E-state index contributed by atoms with van der Waals surface area (Å²) in [7, 11) is 2.03. The summed E-state index contributed by atoms with van der Waals surface area (Å²) >= 11 is 0. The maximum absolute atomic E-state index is 4.75. The van der Waals surface area contributed by atoms with E-state index >= 15 is 0 Å². The van der Waals surface area contributed by atoms with Gasteiger partial charge in [-0.1, -0.05) is 0 Å². The van der Waals surface area contributed by atoms with E-state index in [-0.39, 0.29) is 0 Å². The second-order valence-electron chi connectivity index (χ2n) is 0.979. The Labute approximate surface area is 39.4 Å². The molecule has 1 radical (unpaired) electrons. The molecule has 1 unspecified atom stereocenters. The van der Waals surface area contributed by atoms with Gasteiger partial charge in [0.05, 0.1) is 0 Å². The fourth-order valence-electron chi connectivity index (χ4n) is 0.276. The summed E-state index contributed by atoms with van der Waals surface area (Å²) < 4.78 is 9.48. The van der Waals surface area contributed by atoms with E-state index < -0.39 is 0 Å². The van der Waals surface area contributed by atoms with Crippen LogP contribution in [-0.2, 0) is 9.10 Å². The molecule has 0 aromatic heterocycles. The molecule has 1 atom stereocenters. The molecule has 1 aliphatic rings. The molecule has 0 amide bonds. The molecule has 0 aliphatic carbocycles. The summed E-state index contributed by atoms with van der Waals surface area (Å²) in [6, 6.07) is 0. The van der Waals surface area contributed by atoms with Gasteiger partial charge in [-0.3, -0.25) is 0 Å². The van der Waals surface area contributed by atoms with Crippen LogP contribution >= 0.6 is 8.81 Å². The minimum atomic E-state index is 0.621. The third-order valence-corrected chi connectivity index (χ3v) is 1.19. The average Bonchev–Trinajstić information content (AvgIpc) is 1.72. The molecular formula is C2H5BO2P. The Kier molecular flexibility index (Phi) is 1.95. The zero-order chi connectivity index (χ0) is 4.24.